The van der Waals surface area contributed by atoms with Crippen LogP contribution in [0.3, 0.4) is 0 Å². The summed E-state index contributed by atoms with van der Waals surface area (Å²) in [5.74, 6) is 1.37. The van der Waals surface area contributed by atoms with Crippen LogP contribution in [-0.2, 0) is 13.0 Å². The van der Waals surface area contributed by atoms with Crippen molar-refractivity contribution in [3.05, 3.63) is 88.9 Å². The summed E-state index contributed by atoms with van der Waals surface area (Å²) in [6.07, 6.45) is 0.719. The first-order valence-electron chi connectivity index (χ1n) is 9.65. The summed E-state index contributed by atoms with van der Waals surface area (Å²) in [5.41, 5.74) is 2.72. The Morgan fingerprint density at radius 3 is 2.33 bits per heavy atom. The van der Waals surface area contributed by atoms with Gasteiger partial charge in [0.2, 0.25) is 0 Å². The fourth-order valence-electron chi connectivity index (χ4n) is 3.08. The molecule has 3 rings (SSSR count). The molecule has 0 radical (unpaired) electrons. The standard InChI is InChI=1S/C24H25ClN2O3/c1-29-21-11-8-18(9-12-21)14-15-27(17-19-6-4-3-5-7-19)24(28)26-22-16-20(25)10-13-23(22)30-2/h3-13,16H,14-15,17H2,1-2H3,(H,26,28). The van der Waals surface area contributed by atoms with Crippen LogP contribution in [-0.4, -0.2) is 31.7 Å². The quantitative estimate of drug-likeness (QED) is 0.509. The molecule has 0 saturated heterocycles. The number of hydrogen-bond donors (Lipinski definition) is 1. The highest BCUT2D eigenvalue weighted by atomic mass is 35.5. The Balaban J connectivity index is 1.75. The van der Waals surface area contributed by atoms with Gasteiger partial charge in [-0.15, -0.1) is 0 Å². The van der Waals surface area contributed by atoms with E-state index in [-0.39, 0.29) is 6.03 Å². The first-order chi connectivity index (χ1) is 14.6. The lowest BCUT2D eigenvalue weighted by molar-refractivity contribution is 0.209. The number of methoxy groups -OCH3 is 2. The van der Waals surface area contributed by atoms with Gasteiger partial charge in [0.15, 0.2) is 0 Å². The third-order valence-electron chi connectivity index (χ3n) is 4.74. The third kappa shape index (κ3) is 5.91. The average Bonchev–Trinajstić information content (AvgIpc) is 2.77. The summed E-state index contributed by atoms with van der Waals surface area (Å²) in [6.45, 7) is 1.04. The van der Waals surface area contributed by atoms with E-state index in [1.54, 1.807) is 37.3 Å². The summed E-state index contributed by atoms with van der Waals surface area (Å²) in [4.78, 5) is 14.9. The van der Waals surface area contributed by atoms with Crippen molar-refractivity contribution in [2.24, 2.45) is 0 Å². The molecule has 6 heteroatoms. The van der Waals surface area contributed by atoms with Crippen LogP contribution in [0, 0.1) is 0 Å². The van der Waals surface area contributed by atoms with Gasteiger partial charge in [-0.3, -0.25) is 0 Å². The smallest absolute Gasteiger partial charge is 0.322 e. The molecule has 30 heavy (non-hydrogen) atoms. The van der Waals surface area contributed by atoms with E-state index in [1.165, 1.54) is 0 Å². The zero-order valence-corrected chi connectivity index (χ0v) is 17.9. The Morgan fingerprint density at radius 2 is 1.67 bits per heavy atom. The SMILES string of the molecule is COc1ccc(CCN(Cc2ccccc2)C(=O)Nc2cc(Cl)ccc2OC)cc1. The minimum absolute atomic E-state index is 0.215. The number of hydrogen-bond acceptors (Lipinski definition) is 3. The van der Waals surface area contributed by atoms with E-state index in [1.807, 2.05) is 54.6 Å². The van der Waals surface area contributed by atoms with Gasteiger partial charge >= 0.3 is 6.03 Å². The molecule has 0 atom stereocenters. The number of nitrogens with zero attached hydrogens (tertiary/aromatic N) is 1. The van der Waals surface area contributed by atoms with Gasteiger partial charge in [0.05, 0.1) is 19.9 Å². The van der Waals surface area contributed by atoms with Gasteiger partial charge in [-0.25, -0.2) is 4.79 Å². The summed E-state index contributed by atoms with van der Waals surface area (Å²) in [7, 11) is 3.20. The number of carbonyl (C=O) groups is 1. The largest absolute Gasteiger partial charge is 0.497 e. The van der Waals surface area contributed by atoms with Gasteiger partial charge in [0, 0.05) is 18.1 Å². The van der Waals surface area contributed by atoms with Gasteiger partial charge in [-0.1, -0.05) is 54.1 Å². The maximum Gasteiger partial charge on any atom is 0.322 e. The molecule has 2 amide bonds. The van der Waals surface area contributed by atoms with Crippen molar-refractivity contribution >= 4 is 23.3 Å². The average molecular weight is 425 g/mol. The van der Waals surface area contributed by atoms with Crippen molar-refractivity contribution in [1.29, 1.82) is 0 Å². The molecule has 0 saturated carbocycles. The molecule has 156 valence electrons. The lowest BCUT2D eigenvalue weighted by Gasteiger charge is -2.24. The van der Waals surface area contributed by atoms with E-state index in [2.05, 4.69) is 5.32 Å². The van der Waals surface area contributed by atoms with E-state index >= 15 is 0 Å². The highest BCUT2D eigenvalue weighted by Crippen LogP contribution is 2.28. The molecule has 0 aliphatic carbocycles. The van der Waals surface area contributed by atoms with Crippen LogP contribution in [0.1, 0.15) is 11.1 Å². The molecule has 0 aliphatic heterocycles. The Labute approximate surface area is 182 Å². The normalized spacial score (nSPS) is 10.4. The predicted molar refractivity (Wildman–Crippen MR) is 121 cm³/mol. The number of carbonyl (C=O) groups excluding carboxylic acids is 1. The minimum Gasteiger partial charge on any atom is -0.497 e. The highest BCUT2D eigenvalue weighted by Gasteiger charge is 2.16. The lowest BCUT2D eigenvalue weighted by Crippen LogP contribution is -2.36. The zero-order valence-electron chi connectivity index (χ0n) is 17.1. The van der Waals surface area contributed by atoms with E-state index in [9.17, 15) is 4.79 Å². The van der Waals surface area contributed by atoms with Gasteiger partial charge in [-0.05, 0) is 47.9 Å². The second-order valence-electron chi connectivity index (χ2n) is 6.78. The van der Waals surface area contributed by atoms with Crippen molar-refractivity contribution in [3.8, 4) is 11.5 Å². The van der Waals surface area contributed by atoms with Crippen LogP contribution in [0.5, 0.6) is 11.5 Å². The van der Waals surface area contributed by atoms with Crippen molar-refractivity contribution in [2.45, 2.75) is 13.0 Å². The van der Waals surface area contributed by atoms with Gasteiger partial charge in [-0.2, -0.15) is 0 Å². The monoisotopic (exact) mass is 424 g/mol. The molecule has 0 bridgehead atoms. The molecule has 1 N–H and O–H groups in total. The first kappa shape index (κ1) is 21.5. The van der Waals surface area contributed by atoms with Crippen LogP contribution >= 0.6 is 11.6 Å². The van der Waals surface area contributed by atoms with Crippen molar-refractivity contribution in [1.82, 2.24) is 4.90 Å². The maximum absolute atomic E-state index is 13.1. The summed E-state index contributed by atoms with van der Waals surface area (Å²) < 4.78 is 10.6. The van der Waals surface area contributed by atoms with Crippen molar-refractivity contribution < 1.29 is 14.3 Å². The number of ether oxygens (including phenoxy) is 2. The molecule has 5 nitrogen and oxygen atoms in total. The van der Waals surface area contributed by atoms with Gasteiger partial charge in [0.1, 0.15) is 11.5 Å². The van der Waals surface area contributed by atoms with Crippen LogP contribution in [0.2, 0.25) is 5.02 Å². The molecule has 0 aromatic heterocycles. The fraction of sp³-hybridized carbons (Fsp3) is 0.208. The summed E-state index contributed by atoms with van der Waals surface area (Å²) in [5, 5.41) is 3.46. The Morgan fingerprint density at radius 1 is 0.933 bits per heavy atom. The molecule has 0 fully saturated rings. The molecule has 0 spiro atoms. The number of nitrogens with one attached hydrogen (secondary N) is 1. The van der Waals surface area contributed by atoms with Gasteiger partial charge < -0.3 is 19.7 Å². The van der Waals surface area contributed by atoms with E-state index < -0.39 is 0 Å². The van der Waals surface area contributed by atoms with Crippen LogP contribution < -0.4 is 14.8 Å². The Hall–Kier alpha value is -3.18. The van der Waals surface area contributed by atoms with Crippen molar-refractivity contribution in [3.63, 3.8) is 0 Å². The molecular weight excluding hydrogens is 400 g/mol. The predicted octanol–water partition coefficient (Wildman–Crippen LogP) is 5.63. The topological polar surface area (TPSA) is 50.8 Å². The molecule has 3 aromatic rings. The first-order valence-corrected chi connectivity index (χ1v) is 10.0. The molecule has 0 heterocycles. The number of anilines is 1. The molecule has 0 aliphatic rings. The summed E-state index contributed by atoms with van der Waals surface area (Å²) >= 11 is 6.10. The van der Waals surface area contributed by atoms with E-state index in [0.29, 0.717) is 29.5 Å². The van der Waals surface area contributed by atoms with Crippen LogP contribution in [0.25, 0.3) is 0 Å². The number of rotatable bonds is 8. The number of halogens is 1. The van der Waals surface area contributed by atoms with E-state index in [0.717, 1.165) is 23.3 Å². The molecule has 3 aromatic carbocycles. The molecule has 0 unspecified atom stereocenters. The van der Waals surface area contributed by atoms with Crippen molar-refractivity contribution in [2.75, 3.05) is 26.1 Å². The number of amides is 2. The minimum atomic E-state index is -0.215. The number of benzene rings is 3. The Bertz CT molecular complexity index is 962. The third-order valence-corrected chi connectivity index (χ3v) is 4.97. The van der Waals surface area contributed by atoms with Gasteiger partial charge in [0.25, 0.3) is 0 Å². The second kappa shape index (κ2) is 10.6. The zero-order chi connectivity index (χ0) is 21.3. The lowest BCUT2D eigenvalue weighted by atomic mass is 10.1. The van der Waals surface area contributed by atoms with E-state index in [4.69, 9.17) is 21.1 Å². The second-order valence-corrected chi connectivity index (χ2v) is 7.22. The molecular formula is C24H25ClN2O3. The number of urea groups is 1. The highest BCUT2D eigenvalue weighted by molar-refractivity contribution is 6.31. The maximum atomic E-state index is 13.1. The fourth-order valence-corrected chi connectivity index (χ4v) is 3.26. The Kier molecular flexibility index (Phi) is 7.57. The summed E-state index contributed by atoms with van der Waals surface area (Å²) in [6, 6.07) is 22.7. The van der Waals surface area contributed by atoms with Crippen LogP contribution in [0.15, 0.2) is 72.8 Å². The van der Waals surface area contributed by atoms with Crippen LogP contribution in [0.4, 0.5) is 10.5 Å².